The van der Waals surface area contributed by atoms with E-state index in [0.717, 1.165) is 42.0 Å². The number of ketones is 1. The van der Waals surface area contributed by atoms with E-state index in [-0.39, 0.29) is 5.78 Å². The van der Waals surface area contributed by atoms with Crippen LogP contribution in [0.1, 0.15) is 39.3 Å². The molecule has 1 N–H and O–H groups in total. The van der Waals surface area contributed by atoms with Crippen molar-refractivity contribution >= 4 is 11.4 Å². The second-order valence-corrected chi connectivity index (χ2v) is 7.08. The predicted molar refractivity (Wildman–Crippen MR) is 109 cm³/mol. The first-order valence-electron chi connectivity index (χ1n) is 9.48. The fourth-order valence-corrected chi connectivity index (χ4v) is 3.35. The molecular formula is C22H23N5O. The van der Waals surface area contributed by atoms with Crippen molar-refractivity contribution in [2.45, 2.75) is 26.7 Å². The molecule has 0 saturated heterocycles. The van der Waals surface area contributed by atoms with Crippen molar-refractivity contribution < 1.29 is 4.79 Å². The highest BCUT2D eigenvalue weighted by Crippen LogP contribution is 2.19. The van der Waals surface area contributed by atoms with Crippen LogP contribution in [0.4, 0.5) is 0 Å². The van der Waals surface area contributed by atoms with Crippen molar-refractivity contribution in [3.63, 3.8) is 0 Å². The second-order valence-electron chi connectivity index (χ2n) is 7.08. The first-order chi connectivity index (χ1) is 13.6. The largest absolute Gasteiger partial charge is 0.313 e. The third kappa shape index (κ3) is 3.77. The molecular weight excluding hydrogens is 350 g/mol. The van der Waals surface area contributed by atoms with Gasteiger partial charge in [0.05, 0.1) is 23.1 Å². The predicted octanol–water partition coefficient (Wildman–Crippen LogP) is 3.08. The first kappa shape index (κ1) is 18.3. The summed E-state index contributed by atoms with van der Waals surface area (Å²) in [5.41, 5.74) is 5.66. The molecule has 3 aromatic rings. The fraction of sp³-hybridized carbons (Fsp3) is 0.273. The average Bonchev–Trinajstić information content (AvgIpc) is 3.11. The minimum absolute atomic E-state index is 0.0338. The summed E-state index contributed by atoms with van der Waals surface area (Å²) in [5.74, 6) is 0.745. The van der Waals surface area contributed by atoms with Gasteiger partial charge in [-0.25, -0.2) is 9.67 Å². The van der Waals surface area contributed by atoms with Crippen molar-refractivity contribution in [2.24, 2.45) is 0 Å². The van der Waals surface area contributed by atoms with Crippen LogP contribution in [-0.4, -0.2) is 38.6 Å². The van der Waals surface area contributed by atoms with Gasteiger partial charge in [0.2, 0.25) is 0 Å². The molecule has 6 nitrogen and oxygen atoms in total. The highest BCUT2D eigenvalue weighted by atomic mass is 16.1. The number of Topliss-reactive ketones (excluding diaryl/α,β-unsaturated/α-hetero) is 1. The fourth-order valence-electron chi connectivity index (χ4n) is 3.35. The maximum atomic E-state index is 12.8. The SMILES string of the molecule is Cc1ccc(-n2ncc(C(=O)Cc3ccc(C4=CCNCC4)nc3)c2C)nc1. The molecule has 0 aliphatic carbocycles. The molecule has 142 valence electrons. The molecule has 1 aliphatic heterocycles. The van der Waals surface area contributed by atoms with Crippen LogP contribution >= 0.6 is 0 Å². The van der Waals surface area contributed by atoms with E-state index in [4.69, 9.17) is 0 Å². The lowest BCUT2D eigenvalue weighted by Crippen LogP contribution is -2.20. The standard InChI is InChI=1S/C22H23N5O/c1-15-3-6-22(25-12-15)27-16(2)19(14-26-27)21(28)11-17-4-5-20(24-13-17)18-7-9-23-10-8-18/h3-7,12-14,23H,8-11H2,1-2H3. The van der Waals surface area contributed by atoms with Crippen LogP contribution in [0.2, 0.25) is 0 Å². The van der Waals surface area contributed by atoms with Crippen LogP contribution in [-0.2, 0) is 6.42 Å². The normalized spacial score (nSPS) is 14.0. The third-order valence-electron chi connectivity index (χ3n) is 5.01. The maximum Gasteiger partial charge on any atom is 0.170 e. The van der Waals surface area contributed by atoms with Gasteiger partial charge < -0.3 is 5.32 Å². The minimum Gasteiger partial charge on any atom is -0.313 e. The van der Waals surface area contributed by atoms with Gasteiger partial charge in [0, 0.05) is 25.4 Å². The number of pyridine rings is 2. The van der Waals surface area contributed by atoms with Crippen molar-refractivity contribution in [1.29, 1.82) is 0 Å². The van der Waals surface area contributed by atoms with E-state index < -0.39 is 0 Å². The smallest absolute Gasteiger partial charge is 0.170 e. The Morgan fingerprint density at radius 1 is 1.11 bits per heavy atom. The van der Waals surface area contributed by atoms with Crippen LogP contribution < -0.4 is 5.32 Å². The van der Waals surface area contributed by atoms with Gasteiger partial charge in [0.15, 0.2) is 11.6 Å². The van der Waals surface area contributed by atoms with Crippen LogP contribution in [0.3, 0.4) is 0 Å². The summed E-state index contributed by atoms with van der Waals surface area (Å²) in [6, 6.07) is 7.88. The molecule has 0 atom stereocenters. The Balaban J connectivity index is 1.49. The Labute approximate surface area is 164 Å². The Morgan fingerprint density at radius 3 is 2.68 bits per heavy atom. The number of hydrogen-bond donors (Lipinski definition) is 1. The van der Waals surface area contributed by atoms with Crippen molar-refractivity contribution in [1.82, 2.24) is 25.1 Å². The summed E-state index contributed by atoms with van der Waals surface area (Å²) in [7, 11) is 0. The summed E-state index contributed by atoms with van der Waals surface area (Å²) in [6.45, 7) is 5.75. The molecule has 6 heteroatoms. The Kier molecular flexibility index (Phi) is 5.12. The molecule has 3 aromatic heterocycles. The molecule has 0 spiro atoms. The number of carbonyl (C=O) groups is 1. The van der Waals surface area contributed by atoms with E-state index >= 15 is 0 Å². The molecule has 0 amide bonds. The lowest BCUT2D eigenvalue weighted by molar-refractivity contribution is 0.0992. The van der Waals surface area contributed by atoms with Gasteiger partial charge in [-0.2, -0.15) is 5.10 Å². The molecule has 0 saturated carbocycles. The monoisotopic (exact) mass is 373 g/mol. The number of nitrogens with one attached hydrogen (secondary N) is 1. The van der Waals surface area contributed by atoms with Crippen molar-refractivity contribution in [3.8, 4) is 5.82 Å². The molecule has 1 aliphatic rings. The van der Waals surface area contributed by atoms with Gasteiger partial charge in [-0.15, -0.1) is 0 Å². The van der Waals surface area contributed by atoms with E-state index in [1.54, 1.807) is 23.3 Å². The summed E-state index contributed by atoms with van der Waals surface area (Å²) < 4.78 is 1.71. The van der Waals surface area contributed by atoms with E-state index in [2.05, 4.69) is 26.5 Å². The molecule has 4 heterocycles. The molecule has 0 aromatic carbocycles. The third-order valence-corrected chi connectivity index (χ3v) is 5.01. The van der Waals surface area contributed by atoms with E-state index in [1.165, 1.54) is 5.57 Å². The number of nitrogens with zero attached hydrogens (tertiary/aromatic N) is 4. The van der Waals surface area contributed by atoms with Gasteiger partial charge in [0.1, 0.15) is 0 Å². The van der Waals surface area contributed by atoms with Gasteiger partial charge in [-0.1, -0.05) is 18.2 Å². The summed E-state index contributed by atoms with van der Waals surface area (Å²) in [5, 5.41) is 7.66. The number of hydrogen-bond acceptors (Lipinski definition) is 5. The van der Waals surface area contributed by atoms with Gasteiger partial charge in [-0.3, -0.25) is 9.78 Å². The summed E-state index contributed by atoms with van der Waals surface area (Å²) >= 11 is 0. The number of rotatable bonds is 5. The van der Waals surface area contributed by atoms with Gasteiger partial charge in [0.25, 0.3) is 0 Å². The Bertz CT molecular complexity index is 1020. The topological polar surface area (TPSA) is 72.7 Å². The zero-order valence-corrected chi connectivity index (χ0v) is 16.1. The van der Waals surface area contributed by atoms with Gasteiger partial charge >= 0.3 is 0 Å². The number of aromatic nitrogens is 4. The zero-order chi connectivity index (χ0) is 19.5. The number of aryl methyl sites for hydroxylation is 1. The summed E-state index contributed by atoms with van der Waals surface area (Å²) in [4.78, 5) is 21.7. The quantitative estimate of drug-likeness (QED) is 0.696. The van der Waals surface area contributed by atoms with Crippen LogP contribution in [0, 0.1) is 13.8 Å². The number of carbonyl (C=O) groups excluding carboxylic acids is 1. The highest BCUT2D eigenvalue weighted by Gasteiger charge is 2.16. The molecule has 0 bridgehead atoms. The zero-order valence-electron chi connectivity index (χ0n) is 16.1. The first-order valence-corrected chi connectivity index (χ1v) is 9.48. The molecule has 0 unspecified atom stereocenters. The minimum atomic E-state index is 0.0338. The van der Waals surface area contributed by atoms with Crippen LogP contribution in [0.15, 0.2) is 48.9 Å². The van der Waals surface area contributed by atoms with Crippen LogP contribution in [0.25, 0.3) is 11.4 Å². The molecule has 4 rings (SSSR count). The Hall–Kier alpha value is -3.12. The highest BCUT2D eigenvalue weighted by molar-refractivity contribution is 5.98. The van der Waals surface area contributed by atoms with E-state index in [1.807, 2.05) is 38.1 Å². The van der Waals surface area contributed by atoms with Crippen molar-refractivity contribution in [2.75, 3.05) is 13.1 Å². The van der Waals surface area contributed by atoms with E-state index in [0.29, 0.717) is 17.8 Å². The summed E-state index contributed by atoms with van der Waals surface area (Å²) in [6.07, 6.45) is 8.69. The molecule has 0 fully saturated rings. The van der Waals surface area contributed by atoms with Crippen LogP contribution in [0.5, 0.6) is 0 Å². The lowest BCUT2D eigenvalue weighted by atomic mass is 10.0. The van der Waals surface area contributed by atoms with Crippen molar-refractivity contribution in [3.05, 3.63) is 77.0 Å². The molecule has 28 heavy (non-hydrogen) atoms. The van der Waals surface area contributed by atoms with Gasteiger partial charge in [-0.05, 0) is 55.6 Å². The average molecular weight is 373 g/mol. The second kappa shape index (κ2) is 7.86. The lowest BCUT2D eigenvalue weighted by Gasteiger charge is -2.13. The van der Waals surface area contributed by atoms with E-state index in [9.17, 15) is 4.79 Å². The molecule has 0 radical (unpaired) electrons. The maximum absolute atomic E-state index is 12.8. The Morgan fingerprint density at radius 2 is 2.00 bits per heavy atom.